The summed E-state index contributed by atoms with van der Waals surface area (Å²) < 4.78 is 4.99. The van der Waals surface area contributed by atoms with Crippen molar-refractivity contribution >= 4 is 40.8 Å². The van der Waals surface area contributed by atoms with Crippen molar-refractivity contribution in [2.24, 2.45) is 0 Å². The van der Waals surface area contributed by atoms with Crippen molar-refractivity contribution in [3.05, 3.63) is 58.6 Å². The highest BCUT2D eigenvalue weighted by molar-refractivity contribution is 6.30. The first kappa shape index (κ1) is 22.4. The largest absolute Gasteiger partial charge is 0.456 e. The molecule has 0 bridgehead atoms. The number of aryl methyl sites for hydroxylation is 2. The van der Waals surface area contributed by atoms with E-state index in [4.69, 9.17) is 16.3 Å². The van der Waals surface area contributed by atoms with Crippen LogP contribution in [0.25, 0.3) is 0 Å². The molecule has 0 aliphatic heterocycles. The molecular weight excluding hydrogens is 392 g/mol. The van der Waals surface area contributed by atoms with E-state index in [9.17, 15) is 14.4 Å². The molecule has 0 aliphatic carbocycles. The normalized spacial score (nSPS) is 10.3. The third kappa shape index (κ3) is 7.23. The molecule has 0 atom stereocenters. The Hall–Kier alpha value is -2.86. The van der Waals surface area contributed by atoms with Crippen LogP contribution in [-0.4, -0.2) is 24.4 Å². The Morgan fingerprint density at radius 3 is 2.07 bits per heavy atom. The average molecular weight is 417 g/mol. The fourth-order valence-corrected chi connectivity index (χ4v) is 2.90. The van der Waals surface area contributed by atoms with Crippen LogP contribution in [0.15, 0.2) is 42.5 Å². The molecular formula is C22H25ClN2O4. The highest BCUT2D eigenvalue weighted by Gasteiger charge is 2.13. The van der Waals surface area contributed by atoms with E-state index in [0.717, 1.165) is 29.7 Å². The van der Waals surface area contributed by atoms with Gasteiger partial charge in [-0.05, 0) is 48.2 Å². The zero-order chi connectivity index (χ0) is 21.2. The molecule has 2 aromatic carbocycles. The van der Waals surface area contributed by atoms with Gasteiger partial charge < -0.3 is 15.4 Å². The Morgan fingerprint density at radius 2 is 1.48 bits per heavy atom. The molecule has 2 rings (SSSR count). The number of hydrogen-bond donors (Lipinski definition) is 2. The molecule has 2 aromatic rings. The Kier molecular flexibility index (Phi) is 8.68. The predicted molar refractivity (Wildman–Crippen MR) is 114 cm³/mol. The van der Waals surface area contributed by atoms with Gasteiger partial charge in [-0.3, -0.25) is 14.4 Å². The van der Waals surface area contributed by atoms with Gasteiger partial charge in [-0.1, -0.05) is 43.6 Å². The van der Waals surface area contributed by atoms with Crippen LogP contribution in [0.2, 0.25) is 5.02 Å². The fraction of sp³-hybridized carbons (Fsp3) is 0.318. The van der Waals surface area contributed by atoms with Crippen LogP contribution in [0.1, 0.15) is 37.8 Å². The van der Waals surface area contributed by atoms with Crippen LogP contribution in [0.4, 0.5) is 11.4 Å². The topological polar surface area (TPSA) is 84.5 Å². The van der Waals surface area contributed by atoms with E-state index in [0.29, 0.717) is 10.7 Å². The lowest BCUT2D eigenvalue weighted by Gasteiger charge is -2.14. The zero-order valence-corrected chi connectivity index (χ0v) is 17.3. The van der Waals surface area contributed by atoms with E-state index in [1.54, 1.807) is 24.3 Å². The fourth-order valence-electron chi connectivity index (χ4n) is 2.77. The molecule has 7 heteroatoms. The quantitative estimate of drug-likeness (QED) is 0.594. The summed E-state index contributed by atoms with van der Waals surface area (Å²) in [5, 5.41) is 6.06. The number of carbonyl (C=O) groups is 3. The molecule has 0 fully saturated rings. The predicted octanol–water partition coefficient (Wildman–Crippen LogP) is 4.37. The number of hydrogen-bond acceptors (Lipinski definition) is 4. The van der Waals surface area contributed by atoms with E-state index < -0.39 is 18.5 Å². The Balaban J connectivity index is 1.77. The average Bonchev–Trinajstić information content (AvgIpc) is 2.72. The molecule has 0 heterocycles. The summed E-state index contributed by atoms with van der Waals surface area (Å²) in [5.74, 6) is -1.33. The van der Waals surface area contributed by atoms with Crippen molar-refractivity contribution in [3.8, 4) is 0 Å². The molecule has 0 radical (unpaired) electrons. The van der Waals surface area contributed by atoms with Crippen molar-refractivity contribution in [1.82, 2.24) is 0 Å². The van der Waals surface area contributed by atoms with E-state index in [1.165, 1.54) is 0 Å². The molecule has 0 spiro atoms. The van der Waals surface area contributed by atoms with Crippen molar-refractivity contribution in [2.45, 2.75) is 39.5 Å². The van der Waals surface area contributed by atoms with Crippen molar-refractivity contribution < 1.29 is 19.1 Å². The summed E-state index contributed by atoms with van der Waals surface area (Å²) in [5.41, 5.74) is 3.43. The standard InChI is InChI=1S/C22H25ClN2O4/c1-3-15-6-5-7-16(4-2)22(15)25-20(27)14-29-21(28)13-12-19(26)24-18-10-8-17(23)9-11-18/h5-11H,3-4,12-14H2,1-2H3,(H,24,26)(H,25,27). The molecule has 0 unspecified atom stereocenters. The van der Waals surface area contributed by atoms with E-state index >= 15 is 0 Å². The number of ether oxygens (including phenoxy) is 1. The number of amides is 2. The first-order valence-corrected chi connectivity index (χ1v) is 9.92. The first-order valence-electron chi connectivity index (χ1n) is 9.54. The summed E-state index contributed by atoms with van der Waals surface area (Å²) in [6.45, 7) is 3.64. The molecule has 29 heavy (non-hydrogen) atoms. The number of benzene rings is 2. The number of para-hydroxylation sites is 1. The van der Waals surface area contributed by atoms with Gasteiger partial charge in [0.2, 0.25) is 5.91 Å². The third-order valence-electron chi connectivity index (χ3n) is 4.31. The molecule has 0 saturated carbocycles. The lowest BCUT2D eigenvalue weighted by molar-refractivity contribution is -0.147. The van der Waals surface area contributed by atoms with Gasteiger partial charge >= 0.3 is 5.97 Å². The molecule has 6 nitrogen and oxygen atoms in total. The Morgan fingerprint density at radius 1 is 0.862 bits per heavy atom. The van der Waals surface area contributed by atoms with Crippen LogP contribution < -0.4 is 10.6 Å². The van der Waals surface area contributed by atoms with Gasteiger partial charge in [0.05, 0.1) is 6.42 Å². The van der Waals surface area contributed by atoms with Gasteiger partial charge in [0.25, 0.3) is 5.91 Å². The van der Waals surface area contributed by atoms with Gasteiger partial charge in [-0.2, -0.15) is 0 Å². The maximum atomic E-state index is 12.2. The molecule has 2 amide bonds. The van der Waals surface area contributed by atoms with Crippen LogP contribution in [-0.2, 0) is 32.0 Å². The summed E-state index contributed by atoms with van der Waals surface area (Å²) in [7, 11) is 0. The Labute approximate surface area is 175 Å². The maximum absolute atomic E-state index is 12.2. The van der Waals surface area contributed by atoms with Gasteiger partial charge in [0.1, 0.15) is 0 Å². The van der Waals surface area contributed by atoms with E-state index in [2.05, 4.69) is 10.6 Å². The summed E-state index contributed by atoms with van der Waals surface area (Å²) in [4.78, 5) is 35.9. The highest BCUT2D eigenvalue weighted by atomic mass is 35.5. The maximum Gasteiger partial charge on any atom is 0.306 e. The zero-order valence-electron chi connectivity index (χ0n) is 16.6. The van der Waals surface area contributed by atoms with E-state index in [1.807, 2.05) is 32.0 Å². The van der Waals surface area contributed by atoms with Crippen LogP contribution in [0, 0.1) is 0 Å². The lowest BCUT2D eigenvalue weighted by atomic mass is 10.0. The number of carbonyl (C=O) groups excluding carboxylic acids is 3. The number of rotatable bonds is 9. The molecule has 0 aromatic heterocycles. The van der Waals surface area contributed by atoms with E-state index in [-0.39, 0.29) is 18.7 Å². The highest BCUT2D eigenvalue weighted by Crippen LogP contribution is 2.22. The second-order valence-corrected chi connectivity index (χ2v) is 6.86. The van der Waals surface area contributed by atoms with Gasteiger partial charge in [0.15, 0.2) is 6.61 Å². The van der Waals surface area contributed by atoms with Crippen LogP contribution >= 0.6 is 11.6 Å². The lowest BCUT2D eigenvalue weighted by Crippen LogP contribution is -2.23. The van der Waals surface area contributed by atoms with Crippen molar-refractivity contribution in [1.29, 1.82) is 0 Å². The molecule has 0 saturated heterocycles. The SMILES string of the molecule is CCc1cccc(CC)c1NC(=O)COC(=O)CCC(=O)Nc1ccc(Cl)cc1. The number of esters is 1. The summed E-state index contributed by atoms with van der Waals surface area (Å²) in [6.07, 6.45) is 1.41. The summed E-state index contributed by atoms with van der Waals surface area (Å²) >= 11 is 5.79. The van der Waals surface area contributed by atoms with Crippen LogP contribution in [0.5, 0.6) is 0 Å². The number of anilines is 2. The second kappa shape index (κ2) is 11.2. The van der Waals surface area contributed by atoms with Gasteiger partial charge in [0, 0.05) is 22.8 Å². The minimum absolute atomic E-state index is 0.0400. The second-order valence-electron chi connectivity index (χ2n) is 6.42. The van der Waals surface area contributed by atoms with Crippen molar-refractivity contribution in [3.63, 3.8) is 0 Å². The Bertz CT molecular complexity index is 843. The smallest absolute Gasteiger partial charge is 0.306 e. The van der Waals surface area contributed by atoms with Gasteiger partial charge in [-0.25, -0.2) is 0 Å². The van der Waals surface area contributed by atoms with Crippen LogP contribution in [0.3, 0.4) is 0 Å². The van der Waals surface area contributed by atoms with Gasteiger partial charge in [-0.15, -0.1) is 0 Å². The monoisotopic (exact) mass is 416 g/mol. The summed E-state index contributed by atoms with van der Waals surface area (Å²) in [6, 6.07) is 12.5. The molecule has 0 aliphatic rings. The minimum Gasteiger partial charge on any atom is -0.456 e. The first-order chi connectivity index (χ1) is 13.9. The third-order valence-corrected chi connectivity index (χ3v) is 4.56. The number of halogens is 1. The molecule has 154 valence electrons. The number of nitrogens with one attached hydrogen (secondary N) is 2. The van der Waals surface area contributed by atoms with Crippen molar-refractivity contribution in [2.75, 3.05) is 17.2 Å². The minimum atomic E-state index is -0.606. The molecule has 2 N–H and O–H groups in total.